The quantitative estimate of drug-likeness (QED) is 0.691. The molecule has 0 aromatic heterocycles. The standard InChI is InChI=1S/C15H24O5/c1-8-4-5-11-9(2)12(16)17-13-15(11)10(8)6-7-14(3,18-13)19-20-15/h8-13,16H,4-7H2,1-3H3/t8-,9-,10+,11+,12+,13?,14-,15-/m1/s1. The molecule has 4 heterocycles. The molecule has 0 aromatic carbocycles. The molecule has 1 aliphatic carbocycles. The van der Waals surface area contributed by atoms with Gasteiger partial charge in [0.25, 0.3) is 0 Å². The molecule has 1 spiro atoms. The van der Waals surface area contributed by atoms with Crippen LogP contribution >= 0.6 is 0 Å². The lowest BCUT2D eigenvalue weighted by Crippen LogP contribution is -2.70. The van der Waals surface area contributed by atoms with Crippen molar-refractivity contribution in [1.29, 1.82) is 0 Å². The summed E-state index contributed by atoms with van der Waals surface area (Å²) in [6.45, 7) is 6.22. The first-order valence-electron chi connectivity index (χ1n) is 7.84. The molecule has 114 valence electrons. The zero-order valence-corrected chi connectivity index (χ0v) is 12.4. The Morgan fingerprint density at radius 3 is 2.65 bits per heavy atom. The van der Waals surface area contributed by atoms with E-state index in [4.69, 9.17) is 19.2 Å². The molecular weight excluding hydrogens is 260 g/mol. The first-order chi connectivity index (χ1) is 9.46. The van der Waals surface area contributed by atoms with E-state index in [1.807, 2.05) is 13.8 Å². The van der Waals surface area contributed by atoms with Crippen LogP contribution in [-0.2, 0) is 19.2 Å². The summed E-state index contributed by atoms with van der Waals surface area (Å²) in [4.78, 5) is 11.6. The predicted molar refractivity (Wildman–Crippen MR) is 69.0 cm³/mol. The molecule has 5 rings (SSSR count). The number of aliphatic hydroxyl groups excluding tert-OH is 1. The van der Waals surface area contributed by atoms with Gasteiger partial charge in [0.1, 0.15) is 0 Å². The maximum absolute atomic E-state index is 10.2. The van der Waals surface area contributed by atoms with Gasteiger partial charge in [-0.1, -0.05) is 13.8 Å². The third-order valence-electron chi connectivity index (χ3n) is 6.12. The van der Waals surface area contributed by atoms with Crippen LogP contribution in [-0.4, -0.2) is 29.1 Å². The summed E-state index contributed by atoms with van der Waals surface area (Å²) >= 11 is 0. The van der Waals surface area contributed by atoms with Crippen molar-refractivity contribution in [3.05, 3.63) is 0 Å². The number of hydrogen-bond acceptors (Lipinski definition) is 5. The molecule has 0 radical (unpaired) electrons. The molecule has 8 atom stereocenters. The van der Waals surface area contributed by atoms with Gasteiger partial charge in [-0.2, -0.15) is 0 Å². The van der Waals surface area contributed by atoms with Crippen molar-refractivity contribution in [2.75, 3.05) is 0 Å². The Labute approximate surface area is 119 Å². The Bertz CT molecular complexity index is 411. The molecule has 2 bridgehead atoms. The molecule has 4 saturated heterocycles. The summed E-state index contributed by atoms with van der Waals surface area (Å²) in [5.74, 6) is 0.437. The van der Waals surface area contributed by atoms with Crippen LogP contribution in [0.1, 0.15) is 46.5 Å². The molecule has 5 heteroatoms. The average Bonchev–Trinajstić information content (AvgIpc) is 2.63. The number of hydrogen-bond donors (Lipinski definition) is 1. The van der Waals surface area contributed by atoms with E-state index < -0.39 is 24.0 Å². The van der Waals surface area contributed by atoms with Crippen molar-refractivity contribution >= 4 is 0 Å². The smallest absolute Gasteiger partial charge is 0.201 e. The number of aliphatic hydroxyl groups is 1. The summed E-state index contributed by atoms with van der Waals surface area (Å²) in [5.41, 5.74) is -0.549. The highest BCUT2D eigenvalue weighted by Crippen LogP contribution is 2.60. The topological polar surface area (TPSA) is 57.2 Å². The molecule has 5 fully saturated rings. The Morgan fingerprint density at radius 1 is 1.05 bits per heavy atom. The van der Waals surface area contributed by atoms with Crippen LogP contribution in [0.4, 0.5) is 0 Å². The minimum absolute atomic E-state index is 0.0379. The van der Waals surface area contributed by atoms with Crippen molar-refractivity contribution in [2.45, 2.75) is 70.4 Å². The lowest BCUT2D eigenvalue weighted by atomic mass is 9.58. The molecule has 20 heavy (non-hydrogen) atoms. The van der Waals surface area contributed by atoms with E-state index >= 15 is 0 Å². The number of fused-ring (bicyclic) bond motifs is 2. The van der Waals surface area contributed by atoms with E-state index in [2.05, 4.69) is 6.92 Å². The Hall–Kier alpha value is -0.200. The van der Waals surface area contributed by atoms with Crippen LogP contribution in [0, 0.1) is 23.7 Å². The number of rotatable bonds is 0. The summed E-state index contributed by atoms with van der Waals surface area (Å²) in [5, 5.41) is 10.2. The monoisotopic (exact) mass is 284 g/mol. The summed E-state index contributed by atoms with van der Waals surface area (Å²) in [6, 6.07) is 0. The van der Waals surface area contributed by atoms with E-state index in [9.17, 15) is 5.11 Å². The maximum atomic E-state index is 10.2. The van der Waals surface area contributed by atoms with E-state index in [1.54, 1.807) is 0 Å². The molecule has 0 aromatic rings. The van der Waals surface area contributed by atoms with Gasteiger partial charge in [-0.25, -0.2) is 9.78 Å². The van der Waals surface area contributed by atoms with Gasteiger partial charge >= 0.3 is 0 Å². The fourth-order valence-corrected chi connectivity index (χ4v) is 4.89. The third-order valence-corrected chi connectivity index (χ3v) is 6.12. The Kier molecular flexibility index (Phi) is 2.81. The van der Waals surface area contributed by atoms with E-state index in [-0.39, 0.29) is 11.8 Å². The van der Waals surface area contributed by atoms with E-state index in [0.29, 0.717) is 11.8 Å². The Balaban J connectivity index is 1.82. The van der Waals surface area contributed by atoms with Crippen LogP contribution < -0.4 is 0 Å². The average molecular weight is 284 g/mol. The van der Waals surface area contributed by atoms with Gasteiger partial charge in [0.05, 0.1) is 0 Å². The molecule has 5 nitrogen and oxygen atoms in total. The highest BCUT2D eigenvalue weighted by atomic mass is 17.3. The second-order valence-electron chi connectivity index (χ2n) is 7.30. The first-order valence-corrected chi connectivity index (χ1v) is 7.84. The fraction of sp³-hybridized carbons (Fsp3) is 1.00. The van der Waals surface area contributed by atoms with Gasteiger partial charge in [-0.15, -0.1) is 0 Å². The summed E-state index contributed by atoms with van der Waals surface area (Å²) in [6.07, 6.45) is 2.72. The van der Waals surface area contributed by atoms with Crippen LogP contribution in [0.5, 0.6) is 0 Å². The number of ether oxygens (including phenoxy) is 2. The molecule has 1 N–H and O–H groups in total. The zero-order valence-electron chi connectivity index (χ0n) is 12.4. The van der Waals surface area contributed by atoms with Gasteiger partial charge in [0.2, 0.25) is 5.79 Å². The second kappa shape index (κ2) is 4.17. The van der Waals surface area contributed by atoms with E-state index in [0.717, 1.165) is 19.3 Å². The molecular formula is C15H24O5. The van der Waals surface area contributed by atoms with Gasteiger partial charge in [0, 0.05) is 18.3 Å². The first kappa shape index (κ1) is 13.5. The molecule has 5 aliphatic rings. The molecule has 1 unspecified atom stereocenters. The van der Waals surface area contributed by atoms with Crippen molar-refractivity contribution in [1.82, 2.24) is 0 Å². The lowest BCUT2D eigenvalue weighted by Gasteiger charge is -2.59. The van der Waals surface area contributed by atoms with Crippen LogP contribution in [0.25, 0.3) is 0 Å². The van der Waals surface area contributed by atoms with Crippen LogP contribution in [0.15, 0.2) is 0 Å². The predicted octanol–water partition coefficient (Wildman–Crippen LogP) is 2.19. The minimum atomic E-state index is -0.781. The van der Waals surface area contributed by atoms with Gasteiger partial charge in [-0.05, 0) is 38.0 Å². The van der Waals surface area contributed by atoms with Crippen molar-refractivity contribution < 1.29 is 24.4 Å². The Morgan fingerprint density at radius 2 is 1.85 bits per heavy atom. The SMILES string of the molecule is C[C@H]1[C@@H](O)OC2O[C@@]3(C)CC[C@H]4[C@H](C)CC[C@@H]1[C@@]24OO3. The summed E-state index contributed by atoms with van der Waals surface area (Å²) < 4.78 is 11.9. The molecule has 4 aliphatic heterocycles. The highest BCUT2D eigenvalue weighted by molar-refractivity contribution is 5.08. The molecule has 1 saturated carbocycles. The normalized spacial score (nSPS) is 61.8. The van der Waals surface area contributed by atoms with Crippen molar-refractivity contribution in [3.8, 4) is 0 Å². The minimum Gasteiger partial charge on any atom is -0.368 e. The van der Waals surface area contributed by atoms with Gasteiger partial charge in [-0.3, -0.25) is 0 Å². The maximum Gasteiger partial charge on any atom is 0.201 e. The van der Waals surface area contributed by atoms with E-state index in [1.165, 1.54) is 6.42 Å². The lowest BCUT2D eigenvalue weighted by molar-refractivity contribution is -0.576. The zero-order chi connectivity index (χ0) is 14.1. The second-order valence-corrected chi connectivity index (χ2v) is 7.30. The van der Waals surface area contributed by atoms with Gasteiger partial charge < -0.3 is 14.6 Å². The summed E-state index contributed by atoms with van der Waals surface area (Å²) in [7, 11) is 0. The van der Waals surface area contributed by atoms with Crippen molar-refractivity contribution in [2.24, 2.45) is 23.7 Å². The largest absolute Gasteiger partial charge is 0.368 e. The highest BCUT2D eigenvalue weighted by Gasteiger charge is 2.69. The van der Waals surface area contributed by atoms with Crippen LogP contribution in [0.2, 0.25) is 0 Å². The third kappa shape index (κ3) is 1.56. The van der Waals surface area contributed by atoms with Gasteiger partial charge in [0.15, 0.2) is 18.2 Å². The molecule has 0 amide bonds. The van der Waals surface area contributed by atoms with Crippen LogP contribution in [0.3, 0.4) is 0 Å². The van der Waals surface area contributed by atoms with Crippen molar-refractivity contribution in [3.63, 3.8) is 0 Å². The fourth-order valence-electron chi connectivity index (χ4n) is 4.89.